The van der Waals surface area contributed by atoms with Gasteiger partial charge in [0.05, 0.1) is 39.0 Å². The third-order valence-corrected chi connectivity index (χ3v) is 6.49. The van der Waals surface area contributed by atoms with Crippen LogP contribution in [0.3, 0.4) is 0 Å². The molecule has 2 rings (SSSR count). The SMILES string of the molecule is CCCCNC(=O)CN(c1cc(OC)ccc1OC)S(=O)(=O)c1ccc(OC)c(OC)c1. The van der Waals surface area contributed by atoms with Gasteiger partial charge in [-0.15, -0.1) is 0 Å². The molecule has 1 N–H and O–H groups in total. The van der Waals surface area contributed by atoms with Crippen molar-refractivity contribution in [3.8, 4) is 23.0 Å². The Balaban J connectivity index is 2.59. The van der Waals surface area contributed by atoms with Gasteiger partial charge in [0, 0.05) is 18.7 Å². The van der Waals surface area contributed by atoms with Crippen LogP contribution in [0, 0.1) is 0 Å². The highest BCUT2D eigenvalue weighted by Gasteiger charge is 2.30. The number of hydrogen-bond acceptors (Lipinski definition) is 7. The Bertz CT molecular complexity index is 1020. The highest BCUT2D eigenvalue weighted by Crippen LogP contribution is 2.37. The van der Waals surface area contributed by atoms with E-state index >= 15 is 0 Å². The number of methoxy groups -OCH3 is 4. The van der Waals surface area contributed by atoms with Gasteiger partial charge in [-0.1, -0.05) is 13.3 Å². The first-order chi connectivity index (χ1) is 15.3. The second-order valence-corrected chi connectivity index (χ2v) is 8.63. The lowest BCUT2D eigenvalue weighted by molar-refractivity contribution is -0.119. The molecule has 0 spiro atoms. The standard InChI is InChI=1S/C22H30N2O7S/c1-6-7-12-23-22(25)15-24(18-13-16(28-2)8-10-19(18)29-3)32(26,27)17-9-11-20(30-4)21(14-17)31-5/h8-11,13-14H,6-7,12,15H2,1-5H3,(H,23,25). The maximum absolute atomic E-state index is 13.7. The Morgan fingerprint density at radius 2 is 1.56 bits per heavy atom. The minimum atomic E-state index is -4.19. The highest BCUT2D eigenvalue weighted by atomic mass is 32.2. The van der Waals surface area contributed by atoms with Crippen LogP contribution in [0.5, 0.6) is 23.0 Å². The number of unbranched alkanes of at least 4 members (excludes halogenated alkanes) is 1. The van der Waals surface area contributed by atoms with Gasteiger partial charge in [0.1, 0.15) is 18.0 Å². The first kappa shape index (κ1) is 25.1. The van der Waals surface area contributed by atoms with Crippen LogP contribution < -0.4 is 28.6 Å². The summed E-state index contributed by atoms with van der Waals surface area (Å²) in [6, 6.07) is 8.98. The molecule has 0 saturated carbocycles. The Hall–Kier alpha value is -3.14. The van der Waals surface area contributed by atoms with Gasteiger partial charge >= 0.3 is 0 Å². The van der Waals surface area contributed by atoms with Crippen LogP contribution in [0.15, 0.2) is 41.3 Å². The van der Waals surface area contributed by atoms with Gasteiger partial charge in [-0.3, -0.25) is 9.10 Å². The van der Waals surface area contributed by atoms with Crippen LogP contribution in [0.2, 0.25) is 0 Å². The van der Waals surface area contributed by atoms with E-state index in [-0.39, 0.29) is 22.1 Å². The molecular weight excluding hydrogens is 436 g/mol. The summed E-state index contributed by atoms with van der Waals surface area (Å²) < 4.78 is 49.5. The number of amides is 1. The highest BCUT2D eigenvalue weighted by molar-refractivity contribution is 7.92. The fourth-order valence-corrected chi connectivity index (χ4v) is 4.43. The van der Waals surface area contributed by atoms with Gasteiger partial charge in [0.15, 0.2) is 11.5 Å². The van der Waals surface area contributed by atoms with E-state index < -0.39 is 22.5 Å². The number of ether oxygens (including phenoxy) is 4. The van der Waals surface area contributed by atoms with Crippen LogP contribution in [0.1, 0.15) is 19.8 Å². The first-order valence-corrected chi connectivity index (χ1v) is 11.5. The number of hydrogen-bond donors (Lipinski definition) is 1. The Kier molecular flexibility index (Phi) is 9.01. The van der Waals surface area contributed by atoms with E-state index in [1.165, 1.54) is 52.7 Å². The molecule has 0 aliphatic heterocycles. The fourth-order valence-electron chi connectivity index (χ4n) is 2.99. The zero-order valence-corrected chi connectivity index (χ0v) is 19.8. The number of rotatable bonds is 12. The lowest BCUT2D eigenvalue weighted by atomic mass is 10.2. The summed E-state index contributed by atoms with van der Waals surface area (Å²) >= 11 is 0. The molecule has 10 heteroatoms. The molecule has 0 unspecified atom stereocenters. The van der Waals surface area contributed by atoms with Crippen molar-refractivity contribution >= 4 is 21.6 Å². The Morgan fingerprint density at radius 3 is 2.16 bits per heavy atom. The van der Waals surface area contributed by atoms with E-state index in [0.717, 1.165) is 17.1 Å². The monoisotopic (exact) mass is 466 g/mol. The predicted octanol–water partition coefficient (Wildman–Crippen LogP) is 2.83. The minimum Gasteiger partial charge on any atom is -0.497 e. The maximum atomic E-state index is 13.7. The molecule has 0 aliphatic rings. The van der Waals surface area contributed by atoms with Crippen LogP contribution in [-0.4, -0.2) is 55.9 Å². The van der Waals surface area contributed by atoms with Gasteiger partial charge < -0.3 is 24.3 Å². The molecule has 0 aromatic heterocycles. The topological polar surface area (TPSA) is 103 Å². The van der Waals surface area contributed by atoms with Gasteiger partial charge in [0.2, 0.25) is 5.91 Å². The molecule has 2 aromatic rings. The molecule has 32 heavy (non-hydrogen) atoms. The molecule has 176 valence electrons. The number of nitrogens with one attached hydrogen (secondary N) is 1. The predicted molar refractivity (Wildman–Crippen MR) is 122 cm³/mol. The number of carbonyl (C=O) groups excluding carboxylic acids is 1. The van der Waals surface area contributed by atoms with E-state index in [1.54, 1.807) is 12.1 Å². The first-order valence-electron chi connectivity index (χ1n) is 10.1. The lowest BCUT2D eigenvalue weighted by Crippen LogP contribution is -2.41. The van der Waals surface area contributed by atoms with E-state index in [4.69, 9.17) is 18.9 Å². The van der Waals surface area contributed by atoms with Gasteiger partial charge in [-0.2, -0.15) is 0 Å². The van der Waals surface area contributed by atoms with Crippen molar-refractivity contribution in [3.05, 3.63) is 36.4 Å². The van der Waals surface area contributed by atoms with E-state index in [2.05, 4.69) is 5.32 Å². The maximum Gasteiger partial charge on any atom is 0.265 e. The fraction of sp³-hybridized carbons (Fsp3) is 0.409. The van der Waals surface area contributed by atoms with Crippen LogP contribution in [0.25, 0.3) is 0 Å². The normalized spacial score (nSPS) is 10.9. The van der Waals surface area contributed by atoms with Gasteiger partial charge in [-0.25, -0.2) is 8.42 Å². The van der Waals surface area contributed by atoms with Crippen molar-refractivity contribution in [2.45, 2.75) is 24.7 Å². The molecule has 1 amide bonds. The van der Waals surface area contributed by atoms with Crippen molar-refractivity contribution in [1.29, 1.82) is 0 Å². The average molecular weight is 467 g/mol. The molecule has 0 saturated heterocycles. The molecule has 9 nitrogen and oxygen atoms in total. The second-order valence-electron chi connectivity index (χ2n) is 6.77. The smallest absolute Gasteiger partial charge is 0.265 e. The third-order valence-electron chi connectivity index (χ3n) is 4.74. The van der Waals surface area contributed by atoms with Crippen LogP contribution >= 0.6 is 0 Å². The summed E-state index contributed by atoms with van der Waals surface area (Å²) in [6.07, 6.45) is 1.69. The summed E-state index contributed by atoms with van der Waals surface area (Å²) in [6.45, 7) is 2.01. The lowest BCUT2D eigenvalue weighted by Gasteiger charge is -2.26. The van der Waals surface area contributed by atoms with E-state index in [9.17, 15) is 13.2 Å². The average Bonchev–Trinajstić information content (AvgIpc) is 2.81. The summed E-state index contributed by atoms with van der Waals surface area (Å²) in [5, 5.41) is 2.75. The second kappa shape index (κ2) is 11.5. The summed E-state index contributed by atoms with van der Waals surface area (Å²) in [5.41, 5.74) is 0.173. The molecule has 0 radical (unpaired) electrons. The van der Waals surface area contributed by atoms with Crippen LogP contribution in [-0.2, 0) is 14.8 Å². The van der Waals surface area contributed by atoms with Gasteiger partial charge in [0.25, 0.3) is 10.0 Å². The van der Waals surface area contributed by atoms with Gasteiger partial charge in [-0.05, 0) is 30.7 Å². The number of nitrogens with zero attached hydrogens (tertiary/aromatic N) is 1. The number of anilines is 1. The van der Waals surface area contributed by atoms with Crippen molar-refractivity contribution in [3.63, 3.8) is 0 Å². The summed E-state index contributed by atoms with van der Waals surface area (Å²) in [5.74, 6) is 0.885. The molecule has 0 atom stereocenters. The number of carbonyl (C=O) groups is 1. The summed E-state index contributed by atoms with van der Waals surface area (Å²) in [7, 11) is 1.57. The number of sulfonamides is 1. The van der Waals surface area contributed by atoms with Crippen molar-refractivity contribution in [2.75, 3.05) is 45.8 Å². The molecular formula is C22H30N2O7S. The Morgan fingerprint density at radius 1 is 0.906 bits per heavy atom. The van der Waals surface area contributed by atoms with E-state index in [1.807, 2.05) is 6.92 Å². The number of benzene rings is 2. The zero-order valence-electron chi connectivity index (χ0n) is 19.0. The molecule has 0 bridgehead atoms. The Labute approximate surface area is 189 Å². The van der Waals surface area contributed by atoms with E-state index in [0.29, 0.717) is 18.0 Å². The quantitative estimate of drug-likeness (QED) is 0.480. The zero-order chi connectivity index (χ0) is 23.7. The van der Waals surface area contributed by atoms with Crippen molar-refractivity contribution in [1.82, 2.24) is 5.32 Å². The minimum absolute atomic E-state index is 0.0682. The molecule has 0 aliphatic carbocycles. The molecule has 0 heterocycles. The van der Waals surface area contributed by atoms with Crippen LogP contribution in [0.4, 0.5) is 5.69 Å². The summed E-state index contributed by atoms with van der Waals surface area (Å²) in [4.78, 5) is 12.6. The van der Waals surface area contributed by atoms with Crippen molar-refractivity contribution < 1.29 is 32.2 Å². The molecule has 0 fully saturated rings. The van der Waals surface area contributed by atoms with Crippen molar-refractivity contribution in [2.24, 2.45) is 0 Å². The molecule has 2 aromatic carbocycles. The third kappa shape index (κ3) is 5.76. The largest absolute Gasteiger partial charge is 0.497 e.